The summed E-state index contributed by atoms with van der Waals surface area (Å²) in [7, 11) is -7.91. The molecular formula is C13H20N2O4S2. The Morgan fingerprint density at radius 2 is 1.81 bits per heavy atom. The second-order valence-electron chi connectivity index (χ2n) is 5.30. The SMILES string of the molecule is CCCC1CCN(S(=O)(=O)c2ccccc2S(N)(=O)=O)C1. The molecule has 0 saturated carbocycles. The minimum atomic E-state index is -4.08. The molecule has 1 fully saturated rings. The number of hydrogen-bond donors (Lipinski definition) is 1. The first-order chi connectivity index (χ1) is 9.76. The molecule has 21 heavy (non-hydrogen) atoms. The molecule has 1 atom stereocenters. The molecule has 8 heteroatoms. The van der Waals surface area contributed by atoms with Gasteiger partial charge < -0.3 is 0 Å². The van der Waals surface area contributed by atoms with Gasteiger partial charge in [0.05, 0.1) is 0 Å². The van der Waals surface area contributed by atoms with E-state index in [4.69, 9.17) is 5.14 Å². The van der Waals surface area contributed by atoms with Crippen LogP contribution in [0.4, 0.5) is 0 Å². The third-order valence-corrected chi connectivity index (χ3v) is 6.74. The second-order valence-corrected chi connectivity index (χ2v) is 8.73. The van der Waals surface area contributed by atoms with Crippen LogP contribution in [-0.4, -0.2) is 34.2 Å². The van der Waals surface area contributed by atoms with E-state index >= 15 is 0 Å². The number of nitrogens with zero attached hydrogens (tertiary/aromatic N) is 1. The smallest absolute Gasteiger partial charge is 0.225 e. The molecule has 1 heterocycles. The maximum absolute atomic E-state index is 12.7. The predicted octanol–water partition coefficient (Wildman–Crippen LogP) is 1.14. The minimum Gasteiger partial charge on any atom is -0.225 e. The molecule has 118 valence electrons. The summed E-state index contributed by atoms with van der Waals surface area (Å²) >= 11 is 0. The Morgan fingerprint density at radius 1 is 1.19 bits per heavy atom. The first-order valence-corrected chi connectivity index (χ1v) is 9.87. The molecule has 1 aliphatic heterocycles. The number of sulfonamides is 2. The summed E-state index contributed by atoms with van der Waals surface area (Å²) in [5, 5.41) is 5.12. The molecule has 1 aromatic carbocycles. The van der Waals surface area contributed by atoms with E-state index in [1.165, 1.54) is 28.6 Å². The molecule has 2 rings (SSSR count). The van der Waals surface area contributed by atoms with Crippen LogP contribution in [0.1, 0.15) is 26.2 Å². The van der Waals surface area contributed by atoms with Crippen LogP contribution in [0.25, 0.3) is 0 Å². The van der Waals surface area contributed by atoms with Crippen molar-refractivity contribution in [2.75, 3.05) is 13.1 Å². The highest BCUT2D eigenvalue weighted by Crippen LogP contribution is 2.29. The standard InChI is InChI=1S/C13H20N2O4S2/c1-2-5-11-8-9-15(10-11)21(18,19)13-7-4-3-6-12(13)20(14,16)17/h3-4,6-7,11H,2,5,8-10H2,1H3,(H2,14,16,17). The summed E-state index contributed by atoms with van der Waals surface area (Å²) in [5.41, 5.74) is 0. The first kappa shape index (κ1) is 16.4. The first-order valence-electron chi connectivity index (χ1n) is 6.88. The molecule has 0 radical (unpaired) electrons. The van der Waals surface area contributed by atoms with Crippen LogP contribution in [0.5, 0.6) is 0 Å². The summed E-state index contributed by atoms with van der Waals surface area (Å²) in [6, 6.07) is 5.48. The summed E-state index contributed by atoms with van der Waals surface area (Å²) in [6.45, 7) is 2.93. The fourth-order valence-electron chi connectivity index (χ4n) is 2.70. The normalized spacial score (nSPS) is 20.8. The van der Waals surface area contributed by atoms with E-state index in [9.17, 15) is 16.8 Å². The molecule has 0 aromatic heterocycles. The van der Waals surface area contributed by atoms with Crippen molar-refractivity contribution >= 4 is 20.0 Å². The molecule has 1 aromatic rings. The molecule has 6 nitrogen and oxygen atoms in total. The third-order valence-electron chi connectivity index (χ3n) is 3.72. The number of nitrogens with two attached hydrogens (primary N) is 1. The zero-order chi connectivity index (χ0) is 15.7. The van der Waals surface area contributed by atoms with E-state index in [2.05, 4.69) is 6.92 Å². The van der Waals surface area contributed by atoms with Crippen LogP contribution in [0.15, 0.2) is 34.1 Å². The Hall–Kier alpha value is -0.960. The van der Waals surface area contributed by atoms with Crippen molar-refractivity contribution in [3.63, 3.8) is 0 Å². The van der Waals surface area contributed by atoms with Crippen LogP contribution < -0.4 is 5.14 Å². The van der Waals surface area contributed by atoms with Crippen LogP contribution in [0.3, 0.4) is 0 Å². The average molecular weight is 332 g/mol. The molecule has 1 aliphatic rings. The zero-order valence-electron chi connectivity index (χ0n) is 11.9. The fourth-order valence-corrected chi connectivity index (χ4v) is 5.58. The van der Waals surface area contributed by atoms with E-state index in [1.807, 2.05) is 0 Å². The summed E-state index contributed by atoms with van der Waals surface area (Å²) < 4.78 is 49.8. The number of benzene rings is 1. The average Bonchev–Trinajstić information content (AvgIpc) is 2.87. The molecule has 1 saturated heterocycles. The number of rotatable bonds is 5. The van der Waals surface area contributed by atoms with Crippen LogP contribution >= 0.6 is 0 Å². The van der Waals surface area contributed by atoms with Gasteiger partial charge in [-0.2, -0.15) is 4.31 Å². The lowest BCUT2D eigenvalue weighted by Crippen LogP contribution is -2.30. The van der Waals surface area contributed by atoms with Gasteiger partial charge in [-0.3, -0.25) is 0 Å². The Bertz CT molecular complexity index is 713. The summed E-state index contributed by atoms with van der Waals surface area (Å²) in [5.74, 6) is 0.339. The monoisotopic (exact) mass is 332 g/mol. The van der Waals surface area contributed by atoms with E-state index < -0.39 is 20.0 Å². The molecule has 0 bridgehead atoms. The summed E-state index contributed by atoms with van der Waals surface area (Å²) in [4.78, 5) is -0.575. The maximum atomic E-state index is 12.7. The van der Waals surface area contributed by atoms with Gasteiger partial charge in [-0.15, -0.1) is 0 Å². The fraction of sp³-hybridized carbons (Fsp3) is 0.538. The van der Waals surface area contributed by atoms with Gasteiger partial charge in [0.2, 0.25) is 20.0 Å². The largest absolute Gasteiger partial charge is 0.244 e. The maximum Gasteiger partial charge on any atom is 0.244 e. The van der Waals surface area contributed by atoms with Gasteiger partial charge >= 0.3 is 0 Å². The molecule has 2 N–H and O–H groups in total. The molecule has 1 unspecified atom stereocenters. The molecule has 0 amide bonds. The quantitative estimate of drug-likeness (QED) is 0.874. The van der Waals surface area contributed by atoms with E-state index in [0.717, 1.165) is 19.3 Å². The van der Waals surface area contributed by atoms with E-state index in [0.29, 0.717) is 19.0 Å². The van der Waals surface area contributed by atoms with Gasteiger partial charge in [0, 0.05) is 13.1 Å². The Labute approximate surface area is 126 Å². The van der Waals surface area contributed by atoms with Gasteiger partial charge in [-0.25, -0.2) is 22.0 Å². The van der Waals surface area contributed by atoms with Crippen LogP contribution in [-0.2, 0) is 20.0 Å². The van der Waals surface area contributed by atoms with Crippen molar-refractivity contribution in [1.82, 2.24) is 4.31 Å². The van der Waals surface area contributed by atoms with Gasteiger partial charge in [-0.1, -0.05) is 25.5 Å². The Balaban J connectivity index is 2.38. The highest BCUT2D eigenvalue weighted by atomic mass is 32.2. The second kappa shape index (κ2) is 6.04. The van der Waals surface area contributed by atoms with Crippen molar-refractivity contribution in [3.8, 4) is 0 Å². The number of hydrogen-bond acceptors (Lipinski definition) is 4. The van der Waals surface area contributed by atoms with Gasteiger partial charge in [0.15, 0.2) is 0 Å². The Kier molecular flexibility index (Phi) is 4.72. The van der Waals surface area contributed by atoms with E-state index in [1.54, 1.807) is 0 Å². The highest BCUT2D eigenvalue weighted by molar-refractivity contribution is 7.92. The lowest BCUT2D eigenvalue weighted by atomic mass is 10.0. The molecular weight excluding hydrogens is 312 g/mol. The Morgan fingerprint density at radius 3 is 2.38 bits per heavy atom. The zero-order valence-corrected chi connectivity index (χ0v) is 13.5. The van der Waals surface area contributed by atoms with Crippen molar-refractivity contribution in [2.24, 2.45) is 11.1 Å². The minimum absolute atomic E-state index is 0.232. The van der Waals surface area contributed by atoms with Crippen molar-refractivity contribution in [3.05, 3.63) is 24.3 Å². The van der Waals surface area contributed by atoms with Gasteiger partial charge in [0.25, 0.3) is 0 Å². The predicted molar refractivity (Wildman–Crippen MR) is 79.6 cm³/mol. The third kappa shape index (κ3) is 3.45. The lowest BCUT2D eigenvalue weighted by Gasteiger charge is -2.18. The summed E-state index contributed by atoms with van der Waals surface area (Å²) in [6.07, 6.45) is 2.79. The topological polar surface area (TPSA) is 97.5 Å². The van der Waals surface area contributed by atoms with Gasteiger partial charge in [0.1, 0.15) is 9.79 Å². The molecule has 0 aliphatic carbocycles. The lowest BCUT2D eigenvalue weighted by molar-refractivity contribution is 0.443. The van der Waals surface area contributed by atoms with Crippen molar-refractivity contribution in [2.45, 2.75) is 36.0 Å². The van der Waals surface area contributed by atoms with E-state index in [-0.39, 0.29) is 9.79 Å². The van der Waals surface area contributed by atoms with Crippen LogP contribution in [0.2, 0.25) is 0 Å². The number of primary sulfonamides is 1. The molecule has 0 spiro atoms. The van der Waals surface area contributed by atoms with Gasteiger partial charge in [-0.05, 0) is 30.9 Å². The van der Waals surface area contributed by atoms with Crippen molar-refractivity contribution in [1.29, 1.82) is 0 Å². The van der Waals surface area contributed by atoms with Crippen LogP contribution in [0, 0.1) is 5.92 Å². The highest BCUT2D eigenvalue weighted by Gasteiger charge is 2.34. The van der Waals surface area contributed by atoms with Crippen molar-refractivity contribution < 1.29 is 16.8 Å².